The minimum absolute atomic E-state index is 0.0782. The fraction of sp³-hybridized carbons (Fsp3) is 0.250. The van der Waals surface area contributed by atoms with Gasteiger partial charge >= 0.3 is 0 Å². The highest BCUT2D eigenvalue weighted by molar-refractivity contribution is 9.10. The van der Waals surface area contributed by atoms with E-state index in [-0.39, 0.29) is 11.2 Å². The number of anilines is 1. The Hall–Kier alpha value is -1.34. The largest absolute Gasteiger partial charge is 0.325 e. The molecular weight excluding hydrogens is 328 g/mol. The highest BCUT2D eigenvalue weighted by Crippen LogP contribution is 2.21. The first kappa shape index (κ1) is 14.1. The van der Waals surface area contributed by atoms with Crippen LogP contribution in [0.4, 0.5) is 5.69 Å². The van der Waals surface area contributed by atoms with Gasteiger partial charge in [0.15, 0.2) is 0 Å². The van der Waals surface area contributed by atoms with Crippen molar-refractivity contribution in [3.05, 3.63) is 34.6 Å². The van der Waals surface area contributed by atoms with Crippen LogP contribution < -0.4 is 5.32 Å². The van der Waals surface area contributed by atoms with E-state index in [1.807, 2.05) is 38.1 Å². The van der Waals surface area contributed by atoms with Crippen LogP contribution >= 0.6 is 27.7 Å². The maximum Gasteiger partial charge on any atom is 0.237 e. The number of hydrogen-bond acceptors (Lipinski definition) is 4. The molecule has 0 bridgehead atoms. The summed E-state index contributed by atoms with van der Waals surface area (Å²) in [5.74, 6) is 0.660. The number of rotatable bonds is 4. The zero-order chi connectivity index (χ0) is 13.8. The third kappa shape index (κ3) is 4.07. The number of aromatic amines is 1. The summed E-state index contributed by atoms with van der Waals surface area (Å²) in [4.78, 5) is 16.2. The van der Waals surface area contributed by atoms with E-state index in [4.69, 9.17) is 0 Å². The maximum atomic E-state index is 12.0. The molecule has 0 aliphatic heterocycles. The molecule has 0 saturated heterocycles. The topological polar surface area (TPSA) is 70.7 Å². The van der Waals surface area contributed by atoms with Crippen LogP contribution in [0.1, 0.15) is 12.7 Å². The molecule has 1 aromatic heterocycles. The van der Waals surface area contributed by atoms with Gasteiger partial charge in [0.05, 0.1) is 5.25 Å². The molecule has 2 aromatic rings. The molecule has 1 aromatic carbocycles. The quantitative estimate of drug-likeness (QED) is 0.839. The van der Waals surface area contributed by atoms with E-state index in [2.05, 4.69) is 36.4 Å². The number of aromatic nitrogens is 3. The minimum atomic E-state index is -0.269. The summed E-state index contributed by atoms with van der Waals surface area (Å²) in [6.07, 6.45) is 0. The third-order valence-electron chi connectivity index (χ3n) is 2.32. The summed E-state index contributed by atoms with van der Waals surface area (Å²) in [6, 6.07) is 7.48. The summed E-state index contributed by atoms with van der Waals surface area (Å²) >= 11 is 4.68. The standard InChI is InChI=1S/C12H13BrN4OS/c1-7(19-12-14-8(2)16-17-12)11(18)15-10-5-3-4-9(13)6-10/h3-7H,1-2H3,(H,15,18)(H,14,16,17). The average molecular weight is 341 g/mol. The molecule has 2 rings (SSSR count). The second kappa shape index (κ2) is 6.21. The number of nitrogens with zero attached hydrogens (tertiary/aromatic N) is 2. The molecule has 0 saturated carbocycles. The van der Waals surface area contributed by atoms with Gasteiger partial charge in [-0.1, -0.05) is 33.8 Å². The van der Waals surface area contributed by atoms with Gasteiger partial charge in [0.25, 0.3) is 0 Å². The SMILES string of the molecule is Cc1nc(SC(C)C(=O)Nc2cccc(Br)c2)n[nH]1. The fourth-order valence-electron chi connectivity index (χ4n) is 1.40. The predicted octanol–water partition coefficient (Wildman–Crippen LogP) is 2.99. The van der Waals surface area contributed by atoms with Crippen molar-refractivity contribution in [1.29, 1.82) is 0 Å². The van der Waals surface area contributed by atoms with Crippen molar-refractivity contribution in [3.63, 3.8) is 0 Å². The van der Waals surface area contributed by atoms with Gasteiger partial charge in [-0.25, -0.2) is 4.98 Å². The third-order valence-corrected chi connectivity index (χ3v) is 3.77. The van der Waals surface area contributed by atoms with E-state index in [9.17, 15) is 4.79 Å². The number of amides is 1. The van der Waals surface area contributed by atoms with Gasteiger partial charge in [-0.2, -0.15) is 0 Å². The monoisotopic (exact) mass is 340 g/mol. The van der Waals surface area contributed by atoms with Crippen molar-refractivity contribution in [1.82, 2.24) is 15.2 Å². The summed E-state index contributed by atoms with van der Waals surface area (Å²) in [6.45, 7) is 3.65. The molecule has 100 valence electrons. The van der Waals surface area contributed by atoms with Crippen LogP contribution in [0, 0.1) is 6.92 Å². The van der Waals surface area contributed by atoms with Crippen LogP contribution in [0.5, 0.6) is 0 Å². The van der Waals surface area contributed by atoms with E-state index < -0.39 is 0 Å². The average Bonchev–Trinajstić information content (AvgIpc) is 2.74. The summed E-state index contributed by atoms with van der Waals surface area (Å²) in [7, 11) is 0. The van der Waals surface area contributed by atoms with E-state index in [1.165, 1.54) is 11.8 Å². The summed E-state index contributed by atoms with van der Waals surface area (Å²) in [5.41, 5.74) is 0.762. The van der Waals surface area contributed by atoms with Crippen molar-refractivity contribution in [2.45, 2.75) is 24.3 Å². The molecule has 7 heteroatoms. The van der Waals surface area contributed by atoms with Gasteiger partial charge in [-0.3, -0.25) is 9.89 Å². The van der Waals surface area contributed by atoms with Crippen LogP contribution in [-0.4, -0.2) is 26.3 Å². The van der Waals surface area contributed by atoms with Gasteiger partial charge in [-0.05, 0) is 32.0 Å². The molecular formula is C12H13BrN4OS. The Kier molecular flexibility index (Phi) is 4.60. The Morgan fingerprint density at radius 2 is 2.32 bits per heavy atom. The first-order valence-corrected chi connectivity index (χ1v) is 7.34. The van der Waals surface area contributed by atoms with E-state index >= 15 is 0 Å². The molecule has 0 spiro atoms. The Labute approximate surface area is 123 Å². The second-order valence-electron chi connectivity index (χ2n) is 3.96. The zero-order valence-corrected chi connectivity index (χ0v) is 12.9. The van der Waals surface area contributed by atoms with Crippen LogP contribution in [-0.2, 0) is 4.79 Å². The van der Waals surface area contributed by atoms with Gasteiger partial charge in [0.1, 0.15) is 5.82 Å². The number of nitrogens with one attached hydrogen (secondary N) is 2. The summed E-state index contributed by atoms with van der Waals surface area (Å²) in [5, 5.41) is 9.91. The lowest BCUT2D eigenvalue weighted by Crippen LogP contribution is -2.22. The zero-order valence-electron chi connectivity index (χ0n) is 10.5. The Bertz CT molecular complexity index is 587. The molecule has 19 heavy (non-hydrogen) atoms. The fourth-order valence-corrected chi connectivity index (χ4v) is 2.57. The van der Waals surface area contributed by atoms with Gasteiger partial charge < -0.3 is 5.32 Å². The van der Waals surface area contributed by atoms with Crippen molar-refractivity contribution < 1.29 is 4.79 Å². The van der Waals surface area contributed by atoms with Crippen molar-refractivity contribution in [2.75, 3.05) is 5.32 Å². The Morgan fingerprint density at radius 1 is 1.53 bits per heavy atom. The highest BCUT2D eigenvalue weighted by atomic mass is 79.9. The first-order valence-electron chi connectivity index (χ1n) is 5.66. The molecule has 1 heterocycles. The highest BCUT2D eigenvalue weighted by Gasteiger charge is 2.16. The van der Waals surface area contributed by atoms with E-state index in [0.29, 0.717) is 5.16 Å². The van der Waals surface area contributed by atoms with Crippen molar-refractivity contribution in [2.24, 2.45) is 0 Å². The van der Waals surface area contributed by atoms with Gasteiger partial charge in [0, 0.05) is 10.2 Å². The lowest BCUT2D eigenvalue weighted by atomic mass is 10.3. The number of thioether (sulfide) groups is 1. The van der Waals surface area contributed by atoms with Crippen molar-refractivity contribution >= 4 is 39.3 Å². The van der Waals surface area contributed by atoms with Crippen LogP contribution in [0.25, 0.3) is 0 Å². The second-order valence-corrected chi connectivity index (χ2v) is 6.19. The normalized spacial score (nSPS) is 12.2. The number of aryl methyl sites for hydroxylation is 1. The molecule has 0 aliphatic rings. The van der Waals surface area contributed by atoms with E-state index in [0.717, 1.165) is 16.0 Å². The number of hydrogen-bond donors (Lipinski definition) is 2. The summed E-state index contributed by atoms with van der Waals surface area (Å²) < 4.78 is 0.926. The molecule has 0 aliphatic carbocycles. The van der Waals surface area contributed by atoms with Crippen LogP contribution in [0.2, 0.25) is 0 Å². The van der Waals surface area contributed by atoms with Crippen LogP contribution in [0.15, 0.2) is 33.9 Å². The smallest absolute Gasteiger partial charge is 0.237 e. The number of carbonyl (C=O) groups excluding carboxylic acids is 1. The molecule has 1 amide bonds. The number of halogens is 1. The molecule has 2 N–H and O–H groups in total. The first-order chi connectivity index (χ1) is 9.04. The molecule has 0 radical (unpaired) electrons. The molecule has 1 atom stereocenters. The predicted molar refractivity (Wildman–Crippen MR) is 79.2 cm³/mol. The molecule has 5 nitrogen and oxygen atoms in total. The van der Waals surface area contributed by atoms with E-state index in [1.54, 1.807) is 0 Å². The lowest BCUT2D eigenvalue weighted by molar-refractivity contribution is -0.115. The minimum Gasteiger partial charge on any atom is -0.325 e. The number of benzene rings is 1. The molecule has 1 unspecified atom stereocenters. The molecule has 0 fully saturated rings. The maximum absolute atomic E-state index is 12.0. The number of H-pyrrole nitrogens is 1. The Balaban J connectivity index is 1.96. The van der Waals surface area contributed by atoms with Gasteiger partial charge in [-0.15, -0.1) is 5.10 Å². The Morgan fingerprint density at radius 3 is 2.95 bits per heavy atom. The lowest BCUT2D eigenvalue weighted by Gasteiger charge is -2.10. The number of carbonyl (C=O) groups is 1. The van der Waals surface area contributed by atoms with Gasteiger partial charge in [0.2, 0.25) is 11.1 Å². The van der Waals surface area contributed by atoms with Crippen molar-refractivity contribution in [3.8, 4) is 0 Å². The van der Waals surface area contributed by atoms with Crippen LogP contribution in [0.3, 0.4) is 0 Å².